The van der Waals surface area contributed by atoms with Gasteiger partial charge in [-0.1, -0.05) is 11.6 Å². The first-order valence-corrected chi connectivity index (χ1v) is 6.53. The summed E-state index contributed by atoms with van der Waals surface area (Å²) >= 11 is 7.28. The predicted octanol–water partition coefficient (Wildman–Crippen LogP) is 3.67. The van der Waals surface area contributed by atoms with Crippen LogP contribution in [0.2, 0.25) is 5.02 Å². The third-order valence-electron chi connectivity index (χ3n) is 2.53. The van der Waals surface area contributed by atoms with Gasteiger partial charge in [-0.25, -0.2) is 9.37 Å². The molecule has 0 unspecified atom stereocenters. The molecule has 2 N–H and O–H groups in total. The van der Waals surface area contributed by atoms with Crippen molar-refractivity contribution in [3.8, 4) is 0 Å². The molecule has 0 spiro atoms. The van der Waals surface area contributed by atoms with Crippen LogP contribution in [-0.4, -0.2) is 15.9 Å². The number of carbonyl (C=O) groups is 1. The van der Waals surface area contributed by atoms with E-state index in [1.54, 1.807) is 12.3 Å². The quantitative estimate of drug-likeness (QED) is 0.758. The first kappa shape index (κ1) is 12.1. The summed E-state index contributed by atoms with van der Waals surface area (Å²) in [5.74, 6) is -0.394. The Morgan fingerprint density at radius 2 is 2.32 bits per heavy atom. The number of hydrogen-bond acceptors (Lipinski definition) is 3. The zero-order chi connectivity index (χ0) is 13.4. The molecular weight excluding hydrogens is 289 g/mol. The van der Waals surface area contributed by atoms with Crippen molar-refractivity contribution < 1.29 is 9.18 Å². The van der Waals surface area contributed by atoms with E-state index in [0.717, 1.165) is 11.3 Å². The summed E-state index contributed by atoms with van der Waals surface area (Å²) in [5.41, 5.74) is 0. The molecule has 0 aliphatic heterocycles. The second kappa shape index (κ2) is 4.64. The molecule has 0 radical (unpaired) electrons. The van der Waals surface area contributed by atoms with Gasteiger partial charge in [-0.05, 0) is 18.2 Å². The highest BCUT2D eigenvalue weighted by atomic mass is 35.5. The van der Waals surface area contributed by atoms with Crippen molar-refractivity contribution in [2.75, 3.05) is 5.32 Å². The van der Waals surface area contributed by atoms with Crippen LogP contribution in [0.4, 0.5) is 10.3 Å². The van der Waals surface area contributed by atoms with Gasteiger partial charge in [0.05, 0.1) is 5.02 Å². The van der Waals surface area contributed by atoms with E-state index < -0.39 is 0 Å². The predicted molar refractivity (Wildman–Crippen MR) is 73.3 cm³/mol. The fraction of sp³-hybridized carbons (Fsp3) is 0. The summed E-state index contributed by atoms with van der Waals surface area (Å²) in [6, 6.07) is 4.23. The third-order valence-corrected chi connectivity index (χ3v) is 4.18. The van der Waals surface area contributed by atoms with Crippen LogP contribution in [0.5, 0.6) is 0 Å². The highest BCUT2D eigenvalue weighted by Gasteiger charge is 2.18. The zero-order valence-electron chi connectivity index (χ0n) is 9.41. The van der Waals surface area contributed by atoms with Gasteiger partial charge >= 0.3 is 0 Å². The van der Waals surface area contributed by atoms with Crippen molar-refractivity contribution in [3.63, 3.8) is 0 Å². The number of hydrogen-bond donors (Lipinski definition) is 2. The van der Waals surface area contributed by atoms with Crippen molar-refractivity contribution in [3.05, 3.63) is 46.3 Å². The number of thiophene rings is 1. The molecular formula is C12H7ClFN3OS. The minimum Gasteiger partial charge on any atom is -0.331 e. The van der Waals surface area contributed by atoms with E-state index in [0.29, 0.717) is 25.9 Å². The Balaban J connectivity index is 2.00. The van der Waals surface area contributed by atoms with Gasteiger partial charge in [0, 0.05) is 22.5 Å². The van der Waals surface area contributed by atoms with Crippen LogP contribution in [-0.2, 0) is 0 Å². The molecule has 19 heavy (non-hydrogen) atoms. The molecule has 7 heteroatoms. The number of benzene rings is 1. The molecule has 3 rings (SSSR count). The summed E-state index contributed by atoms with van der Waals surface area (Å²) in [6.45, 7) is 0. The molecule has 0 atom stereocenters. The number of aromatic nitrogens is 2. The van der Waals surface area contributed by atoms with Crippen LogP contribution in [0, 0.1) is 5.82 Å². The molecule has 2 heterocycles. The summed E-state index contributed by atoms with van der Waals surface area (Å²) in [5, 5.41) is 3.57. The number of nitrogens with zero attached hydrogens (tertiary/aromatic N) is 1. The van der Waals surface area contributed by atoms with Crippen LogP contribution in [0.1, 0.15) is 9.67 Å². The lowest BCUT2D eigenvalue weighted by Gasteiger charge is -1.99. The molecule has 1 amide bonds. The standard InChI is InChI=1S/C12H7ClFN3OS/c13-9-7-2-1-6(14)5-8(7)19-10(9)11(18)17-12-15-3-4-16-12/h1-5H,(H2,15,16,17,18). The molecule has 0 aliphatic carbocycles. The largest absolute Gasteiger partial charge is 0.331 e. The Labute approximate surface area is 116 Å². The van der Waals surface area contributed by atoms with Gasteiger partial charge in [0.15, 0.2) is 0 Å². The van der Waals surface area contributed by atoms with Gasteiger partial charge < -0.3 is 4.98 Å². The smallest absolute Gasteiger partial charge is 0.269 e. The minimum absolute atomic E-state index is 0.323. The van der Waals surface area contributed by atoms with E-state index in [1.165, 1.54) is 18.3 Å². The normalized spacial score (nSPS) is 10.8. The average Bonchev–Trinajstić information content (AvgIpc) is 2.97. The van der Waals surface area contributed by atoms with E-state index in [9.17, 15) is 9.18 Å². The fourth-order valence-corrected chi connectivity index (χ4v) is 3.12. The monoisotopic (exact) mass is 295 g/mol. The lowest BCUT2D eigenvalue weighted by molar-refractivity contribution is 0.103. The Morgan fingerprint density at radius 3 is 3.05 bits per heavy atom. The molecule has 0 aliphatic rings. The molecule has 0 fully saturated rings. The highest BCUT2D eigenvalue weighted by Crippen LogP contribution is 2.35. The topological polar surface area (TPSA) is 57.8 Å². The van der Waals surface area contributed by atoms with Gasteiger partial charge in [0.25, 0.3) is 5.91 Å². The van der Waals surface area contributed by atoms with Crippen molar-refractivity contribution in [1.29, 1.82) is 0 Å². The molecule has 1 aromatic carbocycles. The molecule has 0 saturated carbocycles. The molecule has 2 aromatic heterocycles. The Bertz CT molecular complexity index is 754. The van der Waals surface area contributed by atoms with Crippen LogP contribution in [0.25, 0.3) is 10.1 Å². The number of carbonyl (C=O) groups excluding carboxylic acids is 1. The number of halogens is 2. The van der Waals surface area contributed by atoms with Crippen molar-refractivity contribution in [2.24, 2.45) is 0 Å². The maximum atomic E-state index is 13.1. The van der Waals surface area contributed by atoms with Gasteiger partial charge in [0.2, 0.25) is 5.95 Å². The Kier molecular flexibility index (Phi) is 2.96. The van der Waals surface area contributed by atoms with Gasteiger partial charge in [-0.3, -0.25) is 10.1 Å². The van der Waals surface area contributed by atoms with E-state index in [4.69, 9.17) is 11.6 Å². The van der Waals surface area contributed by atoms with Crippen molar-refractivity contribution in [2.45, 2.75) is 0 Å². The number of rotatable bonds is 2. The SMILES string of the molecule is O=C(Nc1ncc[nH]1)c1sc2cc(F)ccc2c1Cl. The molecule has 4 nitrogen and oxygen atoms in total. The minimum atomic E-state index is -0.374. The van der Waals surface area contributed by atoms with E-state index >= 15 is 0 Å². The Hall–Kier alpha value is -1.92. The first-order chi connectivity index (χ1) is 9.15. The van der Waals surface area contributed by atoms with Crippen molar-refractivity contribution in [1.82, 2.24) is 9.97 Å². The van der Waals surface area contributed by atoms with Crippen molar-refractivity contribution >= 4 is 44.9 Å². The lowest BCUT2D eigenvalue weighted by atomic mass is 10.2. The number of aromatic amines is 1. The number of anilines is 1. The third kappa shape index (κ3) is 2.20. The summed E-state index contributed by atoms with van der Waals surface area (Å²) in [7, 11) is 0. The zero-order valence-corrected chi connectivity index (χ0v) is 11.0. The maximum absolute atomic E-state index is 13.1. The average molecular weight is 296 g/mol. The number of H-pyrrole nitrogens is 1. The maximum Gasteiger partial charge on any atom is 0.269 e. The van der Waals surface area contributed by atoms with Gasteiger partial charge in [-0.15, -0.1) is 11.3 Å². The van der Waals surface area contributed by atoms with Crippen LogP contribution >= 0.6 is 22.9 Å². The number of imidazole rings is 1. The summed E-state index contributed by atoms with van der Waals surface area (Å²) in [6.07, 6.45) is 3.12. The van der Waals surface area contributed by atoms with E-state index in [-0.39, 0.29) is 11.7 Å². The van der Waals surface area contributed by atoms with Crippen LogP contribution in [0.3, 0.4) is 0 Å². The van der Waals surface area contributed by atoms with Crippen LogP contribution < -0.4 is 5.32 Å². The molecule has 3 aromatic rings. The number of nitrogens with one attached hydrogen (secondary N) is 2. The van der Waals surface area contributed by atoms with E-state index in [2.05, 4.69) is 15.3 Å². The number of fused-ring (bicyclic) bond motifs is 1. The molecule has 0 bridgehead atoms. The molecule has 96 valence electrons. The molecule has 0 saturated heterocycles. The van der Waals surface area contributed by atoms with Gasteiger partial charge in [-0.2, -0.15) is 0 Å². The summed E-state index contributed by atoms with van der Waals surface area (Å²) < 4.78 is 13.8. The van der Waals surface area contributed by atoms with Crippen LogP contribution in [0.15, 0.2) is 30.6 Å². The van der Waals surface area contributed by atoms with Gasteiger partial charge in [0.1, 0.15) is 10.7 Å². The second-order valence-electron chi connectivity index (χ2n) is 3.78. The summed E-state index contributed by atoms with van der Waals surface area (Å²) in [4.78, 5) is 19.0. The highest BCUT2D eigenvalue weighted by molar-refractivity contribution is 7.21. The Morgan fingerprint density at radius 1 is 1.47 bits per heavy atom. The van der Waals surface area contributed by atoms with E-state index in [1.807, 2.05) is 0 Å². The fourth-order valence-electron chi connectivity index (χ4n) is 1.68. The first-order valence-electron chi connectivity index (χ1n) is 5.33. The second-order valence-corrected chi connectivity index (χ2v) is 5.21. The number of amides is 1. The lowest BCUT2D eigenvalue weighted by Crippen LogP contribution is -2.11.